The average molecular weight is 209 g/mol. The molecule has 1 aromatic rings. The first-order valence-corrected chi connectivity index (χ1v) is 5.11. The van der Waals surface area contributed by atoms with Gasteiger partial charge in [-0.25, -0.2) is 4.98 Å². The number of carbonyl (C=O) groups excluding carboxylic acids is 1. The van der Waals surface area contributed by atoms with E-state index in [-0.39, 0.29) is 5.91 Å². The van der Waals surface area contributed by atoms with E-state index in [0.29, 0.717) is 17.5 Å². The van der Waals surface area contributed by atoms with Crippen LogP contribution in [0, 0.1) is 6.92 Å². The number of hydrogen-bond donors (Lipinski definition) is 1. The maximum Gasteiger partial charge on any atom is 0.291 e. The standard InChI is InChI=1S/C10H15N3O2/c1-7-5-13(4-3-11-7)10(14)9-8(2)12-6-15-9/h6-7,11H,3-5H2,1-2H3/t7-/m0/s1. The molecule has 1 amide bonds. The zero-order chi connectivity index (χ0) is 10.8. The molecule has 0 radical (unpaired) electrons. The van der Waals surface area contributed by atoms with E-state index in [2.05, 4.69) is 17.2 Å². The van der Waals surface area contributed by atoms with E-state index in [1.54, 1.807) is 11.8 Å². The molecular weight excluding hydrogens is 194 g/mol. The summed E-state index contributed by atoms with van der Waals surface area (Å²) < 4.78 is 5.09. The molecule has 1 N–H and O–H groups in total. The predicted octanol–water partition coefficient (Wildman–Crippen LogP) is 0.417. The maximum atomic E-state index is 12.0. The van der Waals surface area contributed by atoms with Crippen LogP contribution in [0.1, 0.15) is 23.2 Å². The van der Waals surface area contributed by atoms with E-state index in [0.717, 1.165) is 19.6 Å². The van der Waals surface area contributed by atoms with Gasteiger partial charge in [0.2, 0.25) is 5.76 Å². The number of oxazole rings is 1. The molecule has 5 heteroatoms. The molecule has 15 heavy (non-hydrogen) atoms. The Balaban J connectivity index is 2.11. The van der Waals surface area contributed by atoms with E-state index in [1.807, 2.05) is 0 Å². The zero-order valence-corrected chi connectivity index (χ0v) is 8.99. The summed E-state index contributed by atoms with van der Waals surface area (Å²) in [7, 11) is 0. The van der Waals surface area contributed by atoms with Crippen LogP contribution in [0.3, 0.4) is 0 Å². The van der Waals surface area contributed by atoms with Crippen molar-refractivity contribution >= 4 is 5.91 Å². The Hall–Kier alpha value is -1.36. The van der Waals surface area contributed by atoms with Crippen LogP contribution in [0.25, 0.3) is 0 Å². The van der Waals surface area contributed by atoms with Crippen LogP contribution in [-0.4, -0.2) is 41.5 Å². The first-order chi connectivity index (χ1) is 7.18. The van der Waals surface area contributed by atoms with Crippen LogP contribution in [0.15, 0.2) is 10.8 Å². The second-order valence-electron chi connectivity index (χ2n) is 3.87. The van der Waals surface area contributed by atoms with E-state index in [9.17, 15) is 4.79 Å². The summed E-state index contributed by atoms with van der Waals surface area (Å²) >= 11 is 0. The van der Waals surface area contributed by atoms with E-state index >= 15 is 0 Å². The molecule has 0 aliphatic carbocycles. The molecule has 1 saturated heterocycles. The summed E-state index contributed by atoms with van der Waals surface area (Å²) in [4.78, 5) is 17.7. The summed E-state index contributed by atoms with van der Waals surface area (Å²) in [6, 6.07) is 0.339. The Kier molecular flexibility index (Phi) is 2.73. The molecule has 1 aliphatic rings. The normalized spacial score (nSPS) is 21.7. The smallest absolute Gasteiger partial charge is 0.291 e. The monoisotopic (exact) mass is 209 g/mol. The Morgan fingerprint density at radius 2 is 2.53 bits per heavy atom. The van der Waals surface area contributed by atoms with Crippen molar-refractivity contribution in [3.63, 3.8) is 0 Å². The third-order valence-corrected chi connectivity index (χ3v) is 2.60. The molecule has 0 spiro atoms. The molecule has 0 bridgehead atoms. The van der Waals surface area contributed by atoms with Gasteiger partial charge in [0.25, 0.3) is 5.91 Å². The predicted molar refractivity (Wildman–Crippen MR) is 54.6 cm³/mol. The second kappa shape index (κ2) is 4.02. The van der Waals surface area contributed by atoms with Crippen LogP contribution in [0.5, 0.6) is 0 Å². The summed E-state index contributed by atoms with van der Waals surface area (Å²) in [5.41, 5.74) is 0.659. The topological polar surface area (TPSA) is 58.4 Å². The largest absolute Gasteiger partial charge is 0.438 e. The van der Waals surface area contributed by atoms with Gasteiger partial charge in [-0.15, -0.1) is 0 Å². The van der Waals surface area contributed by atoms with Crippen molar-refractivity contribution in [1.29, 1.82) is 0 Å². The molecule has 1 fully saturated rings. The summed E-state index contributed by atoms with van der Waals surface area (Å²) in [5, 5.41) is 3.29. The summed E-state index contributed by atoms with van der Waals surface area (Å²) in [6.07, 6.45) is 1.31. The minimum absolute atomic E-state index is 0.0571. The molecule has 1 aliphatic heterocycles. The maximum absolute atomic E-state index is 12.0. The van der Waals surface area contributed by atoms with Gasteiger partial charge in [-0.05, 0) is 13.8 Å². The lowest BCUT2D eigenvalue weighted by Gasteiger charge is -2.31. The average Bonchev–Trinajstić information content (AvgIpc) is 2.63. The fraction of sp³-hybridized carbons (Fsp3) is 0.600. The van der Waals surface area contributed by atoms with Crippen molar-refractivity contribution in [1.82, 2.24) is 15.2 Å². The van der Waals surface area contributed by atoms with Gasteiger partial charge in [0, 0.05) is 25.7 Å². The lowest BCUT2D eigenvalue weighted by molar-refractivity contribution is 0.0676. The van der Waals surface area contributed by atoms with Gasteiger partial charge < -0.3 is 14.6 Å². The van der Waals surface area contributed by atoms with Gasteiger partial charge in [0.15, 0.2) is 6.39 Å². The summed E-state index contributed by atoms with van der Waals surface area (Å²) in [5.74, 6) is 0.308. The minimum Gasteiger partial charge on any atom is -0.438 e. The molecule has 1 atom stereocenters. The van der Waals surface area contributed by atoms with E-state index < -0.39 is 0 Å². The molecule has 0 saturated carbocycles. The number of amides is 1. The number of nitrogens with one attached hydrogen (secondary N) is 1. The highest BCUT2D eigenvalue weighted by Crippen LogP contribution is 2.10. The third-order valence-electron chi connectivity index (χ3n) is 2.60. The highest BCUT2D eigenvalue weighted by Gasteiger charge is 2.25. The van der Waals surface area contributed by atoms with E-state index in [4.69, 9.17) is 4.42 Å². The van der Waals surface area contributed by atoms with Gasteiger partial charge in [0.1, 0.15) is 0 Å². The van der Waals surface area contributed by atoms with Gasteiger partial charge in [-0.2, -0.15) is 0 Å². The number of rotatable bonds is 1. The van der Waals surface area contributed by atoms with Crippen LogP contribution in [0.2, 0.25) is 0 Å². The quantitative estimate of drug-likeness (QED) is 0.728. The first-order valence-electron chi connectivity index (χ1n) is 5.11. The molecule has 5 nitrogen and oxygen atoms in total. The Bertz CT molecular complexity index is 361. The highest BCUT2D eigenvalue weighted by atomic mass is 16.3. The van der Waals surface area contributed by atoms with Crippen LogP contribution < -0.4 is 5.32 Å². The van der Waals surface area contributed by atoms with E-state index in [1.165, 1.54) is 6.39 Å². The SMILES string of the molecule is Cc1ncoc1C(=O)N1CCN[C@@H](C)C1. The molecule has 0 unspecified atom stereocenters. The molecule has 82 valence electrons. The Morgan fingerprint density at radius 1 is 1.73 bits per heavy atom. The zero-order valence-electron chi connectivity index (χ0n) is 8.99. The van der Waals surface area contributed by atoms with Gasteiger partial charge in [-0.3, -0.25) is 4.79 Å². The van der Waals surface area contributed by atoms with Crippen molar-refractivity contribution in [3.8, 4) is 0 Å². The number of nitrogens with zero attached hydrogens (tertiary/aromatic N) is 2. The van der Waals surface area contributed by atoms with Crippen molar-refractivity contribution in [3.05, 3.63) is 17.8 Å². The van der Waals surface area contributed by atoms with Gasteiger partial charge in [0.05, 0.1) is 5.69 Å². The Morgan fingerprint density at radius 3 is 3.13 bits per heavy atom. The second-order valence-corrected chi connectivity index (χ2v) is 3.87. The lowest BCUT2D eigenvalue weighted by Crippen LogP contribution is -2.51. The molecule has 1 aromatic heterocycles. The number of carbonyl (C=O) groups is 1. The lowest BCUT2D eigenvalue weighted by atomic mass is 10.2. The number of hydrogen-bond acceptors (Lipinski definition) is 4. The molecular formula is C10H15N3O2. The fourth-order valence-corrected chi connectivity index (χ4v) is 1.77. The number of aromatic nitrogens is 1. The number of piperazine rings is 1. The molecule has 0 aromatic carbocycles. The van der Waals surface area contributed by atoms with Gasteiger partial charge in [-0.1, -0.05) is 0 Å². The van der Waals surface area contributed by atoms with Crippen molar-refractivity contribution in [2.75, 3.05) is 19.6 Å². The highest BCUT2D eigenvalue weighted by molar-refractivity contribution is 5.92. The van der Waals surface area contributed by atoms with Crippen molar-refractivity contribution in [2.24, 2.45) is 0 Å². The summed E-state index contributed by atoms with van der Waals surface area (Å²) in [6.45, 7) is 6.12. The van der Waals surface area contributed by atoms with Crippen LogP contribution in [-0.2, 0) is 0 Å². The minimum atomic E-state index is -0.0571. The molecule has 2 rings (SSSR count). The van der Waals surface area contributed by atoms with Crippen LogP contribution in [0.4, 0.5) is 0 Å². The van der Waals surface area contributed by atoms with Gasteiger partial charge >= 0.3 is 0 Å². The first kappa shape index (κ1) is 10.2. The van der Waals surface area contributed by atoms with Crippen LogP contribution >= 0.6 is 0 Å². The molecule has 2 heterocycles. The van der Waals surface area contributed by atoms with Crippen molar-refractivity contribution in [2.45, 2.75) is 19.9 Å². The number of aryl methyl sites for hydroxylation is 1. The van der Waals surface area contributed by atoms with Crippen molar-refractivity contribution < 1.29 is 9.21 Å². The fourth-order valence-electron chi connectivity index (χ4n) is 1.77. The Labute approximate surface area is 88.5 Å². The third kappa shape index (κ3) is 2.02.